The third-order valence-corrected chi connectivity index (χ3v) is 3.66. The SMILES string of the molecule is CN1CCN(CCOc2cccc(Cl)c2C#N)CC1. The van der Waals surface area contributed by atoms with Crippen LogP contribution in [-0.2, 0) is 0 Å². The number of hydrogen-bond acceptors (Lipinski definition) is 4. The summed E-state index contributed by atoms with van der Waals surface area (Å²) in [5.41, 5.74) is 0.419. The summed E-state index contributed by atoms with van der Waals surface area (Å²) in [4.78, 5) is 4.69. The number of hydrogen-bond donors (Lipinski definition) is 0. The largest absolute Gasteiger partial charge is 0.491 e. The third kappa shape index (κ3) is 3.84. The first-order valence-corrected chi connectivity index (χ1v) is 6.81. The van der Waals surface area contributed by atoms with Crippen molar-refractivity contribution in [3.63, 3.8) is 0 Å². The van der Waals surface area contributed by atoms with Crippen LogP contribution in [0.5, 0.6) is 5.75 Å². The molecular weight excluding hydrogens is 262 g/mol. The summed E-state index contributed by atoms with van der Waals surface area (Å²) in [5.74, 6) is 0.573. The lowest BCUT2D eigenvalue weighted by Gasteiger charge is -2.32. The molecule has 0 spiro atoms. The Kier molecular flexibility index (Phi) is 5.03. The molecule has 1 aliphatic heterocycles. The molecule has 5 heteroatoms. The van der Waals surface area contributed by atoms with Gasteiger partial charge in [0.1, 0.15) is 24.0 Å². The zero-order chi connectivity index (χ0) is 13.7. The number of piperazine rings is 1. The third-order valence-electron chi connectivity index (χ3n) is 3.35. The summed E-state index contributed by atoms with van der Waals surface area (Å²) in [7, 11) is 2.14. The number of nitrogens with zero attached hydrogens (tertiary/aromatic N) is 3. The molecule has 0 bridgehead atoms. The average molecular weight is 280 g/mol. The fourth-order valence-electron chi connectivity index (χ4n) is 2.09. The van der Waals surface area contributed by atoms with Crippen molar-refractivity contribution in [1.82, 2.24) is 9.80 Å². The number of benzene rings is 1. The molecular formula is C14H18ClN3O. The lowest BCUT2D eigenvalue weighted by Crippen LogP contribution is -2.45. The first-order chi connectivity index (χ1) is 9.20. The van der Waals surface area contributed by atoms with E-state index in [4.69, 9.17) is 21.6 Å². The highest BCUT2D eigenvalue weighted by Gasteiger charge is 2.14. The molecule has 1 saturated heterocycles. The van der Waals surface area contributed by atoms with Gasteiger partial charge in [0, 0.05) is 32.7 Å². The zero-order valence-electron chi connectivity index (χ0n) is 11.1. The van der Waals surface area contributed by atoms with Gasteiger partial charge in [-0.1, -0.05) is 17.7 Å². The minimum absolute atomic E-state index is 0.419. The van der Waals surface area contributed by atoms with Gasteiger partial charge >= 0.3 is 0 Å². The van der Waals surface area contributed by atoms with Crippen molar-refractivity contribution in [3.05, 3.63) is 28.8 Å². The smallest absolute Gasteiger partial charge is 0.138 e. The van der Waals surface area contributed by atoms with Gasteiger partial charge in [0.2, 0.25) is 0 Å². The molecule has 19 heavy (non-hydrogen) atoms. The van der Waals surface area contributed by atoms with Crippen LogP contribution in [0.3, 0.4) is 0 Å². The second-order valence-electron chi connectivity index (χ2n) is 4.72. The van der Waals surface area contributed by atoms with Crippen LogP contribution in [0.15, 0.2) is 18.2 Å². The number of nitriles is 1. The first kappa shape index (κ1) is 14.1. The van der Waals surface area contributed by atoms with Crippen LogP contribution in [0.1, 0.15) is 5.56 Å². The first-order valence-electron chi connectivity index (χ1n) is 6.43. The van der Waals surface area contributed by atoms with Crippen LogP contribution in [0.4, 0.5) is 0 Å². The van der Waals surface area contributed by atoms with E-state index >= 15 is 0 Å². The molecule has 1 fully saturated rings. The van der Waals surface area contributed by atoms with E-state index in [9.17, 15) is 0 Å². The predicted octanol–water partition coefficient (Wildman–Crippen LogP) is 1.84. The number of halogens is 1. The molecule has 0 saturated carbocycles. The van der Waals surface area contributed by atoms with E-state index < -0.39 is 0 Å². The molecule has 0 atom stereocenters. The zero-order valence-corrected chi connectivity index (χ0v) is 11.9. The number of rotatable bonds is 4. The van der Waals surface area contributed by atoms with Crippen LogP contribution >= 0.6 is 11.6 Å². The summed E-state index contributed by atoms with van der Waals surface area (Å²) in [6.07, 6.45) is 0. The Morgan fingerprint density at radius 3 is 2.74 bits per heavy atom. The second kappa shape index (κ2) is 6.76. The van der Waals surface area contributed by atoms with Gasteiger partial charge in [-0.15, -0.1) is 0 Å². The van der Waals surface area contributed by atoms with Gasteiger partial charge in [-0.25, -0.2) is 0 Å². The van der Waals surface area contributed by atoms with Gasteiger partial charge in [-0.3, -0.25) is 4.90 Å². The summed E-state index contributed by atoms with van der Waals surface area (Å²) in [5, 5.41) is 9.49. The summed E-state index contributed by atoms with van der Waals surface area (Å²) in [6.45, 7) is 5.80. The van der Waals surface area contributed by atoms with Crippen molar-refractivity contribution in [2.45, 2.75) is 0 Å². The van der Waals surface area contributed by atoms with E-state index in [1.807, 2.05) is 0 Å². The van der Waals surface area contributed by atoms with Gasteiger partial charge in [-0.2, -0.15) is 5.26 Å². The molecule has 102 valence electrons. The predicted molar refractivity (Wildman–Crippen MR) is 75.6 cm³/mol. The summed E-state index contributed by atoms with van der Waals surface area (Å²) in [6, 6.07) is 7.37. The number of ether oxygens (including phenoxy) is 1. The number of likely N-dealkylation sites (N-methyl/N-ethyl adjacent to an activating group) is 1. The van der Waals surface area contributed by atoms with E-state index in [1.54, 1.807) is 18.2 Å². The minimum atomic E-state index is 0.419. The molecule has 4 nitrogen and oxygen atoms in total. The Morgan fingerprint density at radius 1 is 1.32 bits per heavy atom. The van der Waals surface area contributed by atoms with Crippen LogP contribution < -0.4 is 4.74 Å². The van der Waals surface area contributed by atoms with Crippen LogP contribution in [0.25, 0.3) is 0 Å². The van der Waals surface area contributed by atoms with Crippen molar-refractivity contribution in [2.24, 2.45) is 0 Å². The molecule has 1 aromatic carbocycles. The monoisotopic (exact) mass is 279 g/mol. The van der Waals surface area contributed by atoms with Crippen LogP contribution in [-0.4, -0.2) is 56.2 Å². The highest BCUT2D eigenvalue weighted by atomic mass is 35.5. The van der Waals surface area contributed by atoms with Crippen LogP contribution in [0.2, 0.25) is 5.02 Å². The van der Waals surface area contributed by atoms with Crippen molar-refractivity contribution in [2.75, 3.05) is 46.4 Å². The summed E-state index contributed by atoms with van der Waals surface area (Å²) >= 11 is 5.95. The molecule has 1 aromatic rings. The molecule has 0 aromatic heterocycles. The van der Waals surface area contributed by atoms with Gasteiger partial charge in [0.15, 0.2) is 0 Å². The molecule has 0 N–H and O–H groups in total. The van der Waals surface area contributed by atoms with Crippen LogP contribution in [0, 0.1) is 11.3 Å². The molecule has 0 unspecified atom stereocenters. The van der Waals surface area contributed by atoms with Crippen molar-refractivity contribution < 1.29 is 4.74 Å². The Hall–Kier alpha value is -1.28. The molecule has 0 radical (unpaired) electrons. The van der Waals surface area contributed by atoms with Crippen molar-refractivity contribution in [1.29, 1.82) is 5.26 Å². The summed E-state index contributed by atoms with van der Waals surface area (Å²) < 4.78 is 5.68. The van der Waals surface area contributed by atoms with Gasteiger partial charge in [0.05, 0.1) is 5.02 Å². The Morgan fingerprint density at radius 2 is 2.05 bits per heavy atom. The fourth-order valence-corrected chi connectivity index (χ4v) is 2.30. The lowest BCUT2D eigenvalue weighted by molar-refractivity contribution is 0.133. The maximum Gasteiger partial charge on any atom is 0.138 e. The standard InChI is InChI=1S/C14H18ClN3O/c1-17-5-7-18(8-6-17)9-10-19-14-4-2-3-13(15)12(14)11-16/h2-4H,5-10H2,1H3. The Balaban J connectivity index is 1.83. The maximum absolute atomic E-state index is 9.05. The fraction of sp³-hybridized carbons (Fsp3) is 0.500. The van der Waals surface area contributed by atoms with E-state index in [-0.39, 0.29) is 0 Å². The Bertz CT molecular complexity index is 464. The van der Waals surface area contributed by atoms with E-state index in [1.165, 1.54) is 0 Å². The molecule has 0 aliphatic carbocycles. The van der Waals surface area contributed by atoms with Gasteiger partial charge < -0.3 is 9.64 Å². The molecule has 0 amide bonds. The quantitative estimate of drug-likeness (QED) is 0.843. The van der Waals surface area contributed by atoms with Gasteiger partial charge in [-0.05, 0) is 19.2 Å². The molecule has 1 aliphatic rings. The molecule has 2 rings (SSSR count). The minimum Gasteiger partial charge on any atom is -0.491 e. The Labute approximate surface area is 119 Å². The molecule has 1 heterocycles. The van der Waals surface area contributed by atoms with Crippen molar-refractivity contribution >= 4 is 11.6 Å². The second-order valence-corrected chi connectivity index (χ2v) is 5.13. The lowest BCUT2D eigenvalue weighted by atomic mass is 10.2. The van der Waals surface area contributed by atoms with E-state index in [0.717, 1.165) is 32.7 Å². The van der Waals surface area contributed by atoms with Crippen molar-refractivity contribution in [3.8, 4) is 11.8 Å². The highest BCUT2D eigenvalue weighted by molar-refractivity contribution is 6.31. The average Bonchev–Trinajstić information content (AvgIpc) is 2.41. The maximum atomic E-state index is 9.05. The van der Waals surface area contributed by atoms with E-state index in [2.05, 4.69) is 22.9 Å². The van der Waals surface area contributed by atoms with Gasteiger partial charge in [0.25, 0.3) is 0 Å². The topological polar surface area (TPSA) is 39.5 Å². The van der Waals surface area contributed by atoms with E-state index in [0.29, 0.717) is 22.9 Å². The highest BCUT2D eigenvalue weighted by Crippen LogP contribution is 2.25. The normalized spacial score (nSPS) is 17.1.